The third-order valence-corrected chi connectivity index (χ3v) is 4.79. The molecule has 154 valence electrons. The van der Waals surface area contributed by atoms with Crippen LogP contribution in [0.25, 0.3) is 5.76 Å². The molecule has 0 amide bonds. The number of nitrogens with one attached hydrogen (secondary N) is 1. The van der Waals surface area contributed by atoms with Gasteiger partial charge in [-0.3, -0.25) is 0 Å². The number of hydroxylamine groups is 2. The summed E-state index contributed by atoms with van der Waals surface area (Å²) in [4.78, 5) is 5.75. The molecule has 1 aliphatic heterocycles. The number of phenols is 2. The molecule has 1 heterocycles. The Morgan fingerprint density at radius 1 is 1.03 bits per heavy atom. The van der Waals surface area contributed by atoms with Crippen LogP contribution >= 0.6 is 0 Å². The van der Waals surface area contributed by atoms with Crippen molar-refractivity contribution in [3.05, 3.63) is 83.9 Å². The lowest BCUT2D eigenvalue weighted by Gasteiger charge is -2.17. The number of aromatic hydroxyl groups is 2. The first-order chi connectivity index (χ1) is 14.6. The van der Waals surface area contributed by atoms with E-state index in [9.17, 15) is 10.2 Å². The normalized spacial score (nSPS) is 13.6. The topological polar surface area (TPSA) is 74.2 Å². The highest BCUT2D eigenvalue weighted by Crippen LogP contribution is 2.41. The zero-order chi connectivity index (χ0) is 20.9. The molecule has 3 aromatic carbocycles. The van der Waals surface area contributed by atoms with E-state index in [0.717, 1.165) is 12.2 Å². The van der Waals surface area contributed by atoms with E-state index in [1.54, 1.807) is 5.06 Å². The number of likely N-dealkylation sites (N-methyl/N-ethyl adjacent to an activating group) is 1. The van der Waals surface area contributed by atoms with E-state index in [1.165, 1.54) is 17.7 Å². The maximum atomic E-state index is 10.4. The molecular weight excluding hydrogens is 380 g/mol. The van der Waals surface area contributed by atoms with Crippen LogP contribution in [-0.2, 0) is 11.4 Å². The van der Waals surface area contributed by atoms with Crippen LogP contribution in [0.4, 0.5) is 5.69 Å². The van der Waals surface area contributed by atoms with Gasteiger partial charge in [0.25, 0.3) is 0 Å². The van der Waals surface area contributed by atoms with Gasteiger partial charge in [-0.05, 0) is 42.8 Å². The molecule has 4 rings (SSSR count). The summed E-state index contributed by atoms with van der Waals surface area (Å²) in [6.45, 7) is 4.04. The number of hydrogen-bond acceptors (Lipinski definition) is 6. The third-order valence-electron chi connectivity index (χ3n) is 4.79. The van der Waals surface area contributed by atoms with Crippen molar-refractivity contribution in [2.24, 2.45) is 0 Å². The predicted molar refractivity (Wildman–Crippen MR) is 116 cm³/mol. The average molecular weight is 404 g/mol. The second-order valence-corrected chi connectivity index (χ2v) is 6.94. The van der Waals surface area contributed by atoms with Crippen LogP contribution in [-0.4, -0.2) is 28.4 Å². The van der Waals surface area contributed by atoms with Crippen LogP contribution in [0.3, 0.4) is 0 Å². The van der Waals surface area contributed by atoms with Gasteiger partial charge < -0.3 is 25.1 Å². The molecule has 3 aromatic rings. The fourth-order valence-corrected chi connectivity index (χ4v) is 3.22. The number of hydrogen-bond donors (Lipinski definition) is 3. The van der Waals surface area contributed by atoms with E-state index in [0.29, 0.717) is 35.9 Å². The van der Waals surface area contributed by atoms with Gasteiger partial charge in [0, 0.05) is 30.9 Å². The summed E-state index contributed by atoms with van der Waals surface area (Å²) >= 11 is 0. The molecule has 6 heteroatoms. The van der Waals surface area contributed by atoms with E-state index >= 15 is 0 Å². The second kappa shape index (κ2) is 8.80. The van der Waals surface area contributed by atoms with Crippen molar-refractivity contribution in [2.75, 3.05) is 18.4 Å². The predicted octanol–water partition coefficient (Wildman–Crippen LogP) is 5.11. The Bertz CT molecular complexity index is 1030. The van der Waals surface area contributed by atoms with Crippen LogP contribution in [0.5, 0.6) is 23.0 Å². The number of anilines is 1. The van der Waals surface area contributed by atoms with E-state index in [-0.39, 0.29) is 11.5 Å². The third kappa shape index (κ3) is 4.50. The highest BCUT2D eigenvalue weighted by molar-refractivity contribution is 5.73. The molecule has 1 aliphatic rings. The number of rotatable bonds is 7. The first kappa shape index (κ1) is 19.7. The van der Waals surface area contributed by atoms with Crippen molar-refractivity contribution in [1.29, 1.82) is 0 Å². The molecule has 0 unspecified atom stereocenters. The van der Waals surface area contributed by atoms with Gasteiger partial charge in [-0.15, -0.1) is 5.06 Å². The first-order valence-corrected chi connectivity index (χ1v) is 9.87. The van der Waals surface area contributed by atoms with Gasteiger partial charge in [0.15, 0.2) is 5.76 Å². The smallest absolute Gasteiger partial charge is 0.159 e. The molecule has 6 nitrogen and oxygen atoms in total. The standard InChI is InChI=1S/C24H24N2O4/c1-2-26-13-12-22(30-26)24-21(28)14-19(27)15-23(24)29-20-10-8-18(9-11-20)25-16-17-6-4-3-5-7-17/h3-12,14-15,25,27-28H,2,13,16H2,1H3. The Morgan fingerprint density at radius 2 is 1.80 bits per heavy atom. The molecule has 0 radical (unpaired) electrons. The lowest BCUT2D eigenvalue weighted by molar-refractivity contribution is -0.0562. The number of phenolic OH excluding ortho intramolecular Hbond substituents is 2. The molecule has 0 spiro atoms. The summed E-state index contributed by atoms with van der Waals surface area (Å²) in [5.41, 5.74) is 2.57. The number of ether oxygens (including phenoxy) is 1. The Morgan fingerprint density at radius 3 is 2.50 bits per heavy atom. The van der Waals surface area contributed by atoms with E-state index < -0.39 is 0 Å². The quantitative estimate of drug-likeness (QED) is 0.508. The molecule has 0 aliphatic carbocycles. The van der Waals surface area contributed by atoms with Gasteiger partial charge in [-0.25, -0.2) is 0 Å². The van der Waals surface area contributed by atoms with Gasteiger partial charge in [-0.2, -0.15) is 0 Å². The maximum absolute atomic E-state index is 10.4. The van der Waals surface area contributed by atoms with Crippen molar-refractivity contribution in [3.63, 3.8) is 0 Å². The molecule has 30 heavy (non-hydrogen) atoms. The maximum Gasteiger partial charge on any atom is 0.159 e. The van der Waals surface area contributed by atoms with Gasteiger partial charge in [0.2, 0.25) is 0 Å². The minimum Gasteiger partial charge on any atom is -0.508 e. The minimum atomic E-state index is -0.102. The van der Waals surface area contributed by atoms with E-state index in [1.807, 2.05) is 55.5 Å². The average Bonchev–Trinajstić information content (AvgIpc) is 3.22. The summed E-state index contributed by atoms with van der Waals surface area (Å²) in [6.07, 6.45) is 1.87. The van der Waals surface area contributed by atoms with Crippen LogP contribution in [0.1, 0.15) is 18.1 Å². The second-order valence-electron chi connectivity index (χ2n) is 6.94. The Hall–Kier alpha value is -3.64. The van der Waals surface area contributed by atoms with Gasteiger partial charge in [0.05, 0.1) is 6.54 Å². The number of benzene rings is 3. The van der Waals surface area contributed by atoms with E-state index in [2.05, 4.69) is 17.4 Å². The molecule has 0 saturated carbocycles. The lowest BCUT2D eigenvalue weighted by atomic mass is 10.1. The SMILES string of the molecule is CCN1CC=C(c2c(O)cc(O)cc2Oc2ccc(NCc3ccccc3)cc2)O1. The Kier molecular flexibility index (Phi) is 5.77. The van der Waals surface area contributed by atoms with Crippen LogP contribution in [0.15, 0.2) is 72.8 Å². The summed E-state index contributed by atoms with van der Waals surface area (Å²) in [6, 6.07) is 20.4. The van der Waals surface area contributed by atoms with Gasteiger partial charge in [-0.1, -0.05) is 30.3 Å². The van der Waals surface area contributed by atoms with Crippen molar-refractivity contribution in [3.8, 4) is 23.0 Å². The molecule has 0 atom stereocenters. The zero-order valence-corrected chi connectivity index (χ0v) is 16.7. The lowest BCUT2D eigenvalue weighted by Crippen LogP contribution is -2.17. The molecule has 0 fully saturated rings. The van der Waals surface area contributed by atoms with Crippen molar-refractivity contribution in [2.45, 2.75) is 13.5 Å². The highest BCUT2D eigenvalue weighted by Gasteiger charge is 2.24. The Balaban J connectivity index is 1.50. The van der Waals surface area contributed by atoms with Crippen molar-refractivity contribution in [1.82, 2.24) is 5.06 Å². The monoisotopic (exact) mass is 404 g/mol. The zero-order valence-electron chi connectivity index (χ0n) is 16.7. The summed E-state index contributed by atoms with van der Waals surface area (Å²) in [7, 11) is 0. The fraction of sp³-hybridized carbons (Fsp3) is 0.167. The highest BCUT2D eigenvalue weighted by atomic mass is 16.7. The van der Waals surface area contributed by atoms with Crippen LogP contribution < -0.4 is 10.1 Å². The molecule has 0 bridgehead atoms. The van der Waals surface area contributed by atoms with E-state index in [4.69, 9.17) is 9.57 Å². The largest absolute Gasteiger partial charge is 0.508 e. The van der Waals surface area contributed by atoms with Gasteiger partial charge in [0.1, 0.15) is 28.6 Å². The molecule has 0 aromatic heterocycles. The first-order valence-electron chi connectivity index (χ1n) is 9.87. The van der Waals surface area contributed by atoms with Crippen LogP contribution in [0, 0.1) is 0 Å². The molecule has 0 saturated heterocycles. The summed E-state index contributed by atoms with van der Waals surface area (Å²) in [5, 5.41) is 25.5. The minimum absolute atomic E-state index is 0.0849. The molecule has 3 N–H and O–H groups in total. The number of nitrogens with zero attached hydrogens (tertiary/aromatic N) is 1. The Labute approximate surface area is 175 Å². The fourth-order valence-electron chi connectivity index (χ4n) is 3.22. The summed E-state index contributed by atoms with van der Waals surface area (Å²) in [5.74, 6) is 1.22. The molecular formula is C24H24N2O4. The van der Waals surface area contributed by atoms with Crippen LogP contribution in [0.2, 0.25) is 0 Å². The van der Waals surface area contributed by atoms with Gasteiger partial charge >= 0.3 is 0 Å². The van der Waals surface area contributed by atoms with Crippen molar-refractivity contribution >= 4 is 11.4 Å². The van der Waals surface area contributed by atoms with Crippen molar-refractivity contribution < 1.29 is 19.8 Å². The summed E-state index contributed by atoms with van der Waals surface area (Å²) < 4.78 is 5.98.